The number of amides is 1. The van der Waals surface area contributed by atoms with Crippen molar-refractivity contribution in [3.8, 4) is 11.5 Å². The van der Waals surface area contributed by atoms with Gasteiger partial charge in [0.1, 0.15) is 17.1 Å². The first-order valence-electron chi connectivity index (χ1n) is 8.25. The average molecular weight is 388 g/mol. The lowest BCUT2D eigenvalue weighted by molar-refractivity contribution is -0.384. The van der Waals surface area contributed by atoms with E-state index < -0.39 is 22.9 Å². The standard InChI is InChI=1S/C19H20N2O7/c1-11-5-8-16(26-3)14(9-11)19(23)28-12(2)18(22)20-15-7-6-13(21(24)25)10-17(15)27-4/h5-10,12H,1-4H3,(H,20,22)/t12-/m1/s1. The molecule has 0 bridgehead atoms. The van der Waals surface area contributed by atoms with Gasteiger partial charge in [0, 0.05) is 6.07 Å². The predicted octanol–water partition coefficient (Wildman–Crippen LogP) is 3.10. The van der Waals surface area contributed by atoms with Crippen molar-refractivity contribution >= 4 is 23.3 Å². The Labute approximate surface area is 161 Å². The smallest absolute Gasteiger partial charge is 0.342 e. The molecule has 2 aromatic rings. The van der Waals surface area contributed by atoms with Gasteiger partial charge >= 0.3 is 5.97 Å². The summed E-state index contributed by atoms with van der Waals surface area (Å²) in [6, 6.07) is 8.78. The Balaban J connectivity index is 2.12. The molecule has 1 amide bonds. The number of esters is 1. The van der Waals surface area contributed by atoms with Crippen LogP contribution in [0.15, 0.2) is 36.4 Å². The summed E-state index contributed by atoms with van der Waals surface area (Å²) in [4.78, 5) is 35.0. The molecule has 2 rings (SSSR count). The van der Waals surface area contributed by atoms with Gasteiger partial charge in [-0.1, -0.05) is 11.6 Å². The van der Waals surface area contributed by atoms with Crippen molar-refractivity contribution in [1.82, 2.24) is 0 Å². The molecule has 28 heavy (non-hydrogen) atoms. The molecule has 0 aliphatic carbocycles. The molecule has 1 N–H and O–H groups in total. The molecule has 0 aromatic heterocycles. The number of rotatable bonds is 7. The van der Waals surface area contributed by atoms with Gasteiger partial charge in [-0.2, -0.15) is 0 Å². The topological polar surface area (TPSA) is 117 Å². The minimum Gasteiger partial charge on any atom is -0.496 e. The number of hydrogen-bond donors (Lipinski definition) is 1. The van der Waals surface area contributed by atoms with E-state index in [1.165, 1.54) is 39.3 Å². The fourth-order valence-corrected chi connectivity index (χ4v) is 2.39. The van der Waals surface area contributed by atoms with Crippen LogP contribution in [0.5, 0.6) is 11.5 Å². The number of non-ortho nitro benzene ring substituents is 1. The maximum atomic E-state index is 12.4. The number of nitro benzene ring substituents is 1. The number of nitro groups is 1. The summed E-state index contributed by atoms with van der Waals surface area (Å²) >= 11 is 0. The monoisotopic (exact) mass is 388 g/mol. The maximum Gasteiger partial charge on any atom is 0.342 e. The van der Waals surface area contributed by atoms with E-state index in [1.54, 1.807) is 18.2 Å². The van der Waals surface area contributed by atoms with E-state index in [4.69, 9.17) is 14.2 Å². The van der Waals surface area contributed by atoms with Crippen molar-refractivity contribution in [3.05, 3.63) is 57.6 Å². The molecular formula is C19H20N2O7. The van der Waals surface area contributed by atoms with Crippen molar-refractivity contribution in [2.45, 2.75) is 20.0 Å². The highest BCUT2D eigenvalue weighted by Crippen LogP contribution is 2.29. The molecule has 0 unspecified atom stereocenters. The van der Waals surface area contributed by atoms with E-state index in [1.807, 2.05) is 6.92 Å². The number of nitrogens with zero attached hydrogens (tertiary/aromatic N) is 1. The molecule has 0 saturated carbocycles. The van der Waals surface area contributed by atoms with Crippen molar-refractivity contribution in [1.29, 1.82) is 0 Å². The van der Waals surface area contributed by atoms with Crippen LogP contribution in [0, 0.1) is 17.0 Å². The van der Waals surface area contributed by atoms with Crippen LogP contribution >= 0.6 is 0 Å². The second-order valence-corrected chi connectivity index (χ2v) is 5.88. The second kappa shape index (κ2) is 8.85. The number of methoxy groups -OCH3 is 2. The Bertz CT molecular complexity index is 911. The summed E-state index contributed by atoms with van der Waals surface area (Å²) in [5.41, 5.74) is 1.07. The predicted molar refractivity (Wildman–Crippen MR) is 101 cm³/mol. The Morgan fingerprint density at radius 1 is 1.07 bits per heavy atom. The molecular weight excluding hydrogens is 368 g/mol. The molecule has 0 heterocycles. The van der Waals surface area contributed by atoms with Gasteiger partial charge in [0.15, 0.2) is 6.10 Å². The zero-order valence-electron chi connectivity index (χ0n) is 15.8. The number of nitrogens with one attached hydrogen (secondary N) is 1. The van der Waals surface area contributed by atoms with Crippen molar-refractivity contribution in [3.63, 3.8) is 0 Å². The van der Waals surface area contributed by atoms with E-state index in [-0.39, 0.29) is 22.7 Å². The normalized spacial score (nSPS) is 11.3. The molecule has 9 heteroatoms. The lowest BCUT2D eigenvalue weighted by atomic mass is 10.1. The van der Waals surface area contributed by atoms with Gasteiger partial charge in [-0.05, 0) is 32.0 Å². The Morgan fingerprint density at radius 3 is 2.36 bits per heavy atom. The quantitative estimate of drug-likeness (QED) is 0.440. The molecule has 0 spiro atoms. The highest BCUT2D eigenvalue weighted by atomic mass is 16.6. The summed E-state index contributed by atoms with van der Waals surface area (Å²) in [6.07, 6.45) is -1.13. The molecule has 2 aromatic carbocycles. The van der Waals surface area contributed by atoms with E-state index in [0.717, 1.165) is 5.56 Å². The molecule has 0 aliphatic rings. The SMILES string of the molecule is COc1cc([N+](=O)[O-])ccc1NC(=O)[C@@H](C)OC(=O)c1cc(C)ccc1OC. The Morgan fingerprint density at radius 2 is 1.75 bits per heavy atom. The van der Waals surface area contributed by atoms with Gasteiger partial charge < -0.3 is 19.5 Å². The number of hydrogen-bond acceptors (Lipinski definition) is 7. The van der Waals surface area contributed by atoms with E-state index in [0.29, 0.717) is 5.75 Å². The van der Waals surface area contributed by atoms with E-state index in [2.05, 4.69) is 5.32 Å². The first-order valence-corrected chi connectivity index (χ1v) is 8.25. The third-order valence-electron chi connectivity index (χ3n) is 3.88. The molecule has 0 radical (unpaired) electrons. The fourth-order valence-electron chi connectivity index (χ4n) is 2.39. The van der Waals surface area contributed by atoms with Crippen LogP contribution in [0.3, 0.4) is 0 Å². The van der Waals surface area contributed by atoms with Gasteiger partial charge in [-0.3, -0.25) is 14.9 Å². The Kier molecular flexibility index (Phi) is 6.54. The summed E-state index contributed by atoms with van der Waals surface area (Å²) in [5.74, 6) is -0.882. The first-order chi connectivity index (χ1) is 13.3. The molecule has 0 saturated heterocycles. The minimum atomic E-state index is -1.13. The molecule has 0 aliphatic heterocycles. The highest BCUT2D eigenvalue weighted by molar-refractivity contribution is 5.99. The van der Waals surface area contributed by atoms with Gasteiger partial charge in [0.25, 0.3) is 11.6 Å². The van der Waals surface area contributed by atoms with Gasteiger partial charge in [-0.25, -0.2) is 4.79 Å². The molecule has 9 nitrogen and oxygen atoms in total. The van der Waals surface area contributed by atoms with Crippen LogP contribution in [0.4, 0.5) is 11.4 Å². The fraction of sp³-hybridized carbons (Fsp3) is 0.263. The zero-order valence-corrected chi connectivity index (χ0v) is 15.8. The van der Waals surface area contributed by atoms with Crippen molar-refractivity contribution < 1.29 is 28.7 Å². The number of anilines is 1. The third-order valence-corrected chi connectivity index (χ3v) is 3.88. The number of carbonyl (C=O) groups excluding carboxylic acids is 2. The average Bonchev–Trinajstić information content (AvgIpc) is 2.67. The van der Waals surface area contributed by atoms with Crippen LogP contribution in [0.1, 0.15) is 22.8 Å². The zero-order chi connectivity index (χ0) is 20.8. The van der Waals surface area contributed by atoms with Crippen LogP contribution in [-0.2, 0) is 9.53 Å². The van der Waals surface area contributed by atoms with E-state index >= 15 is 0 Å². The van der Waals surface area contributed by atoms with Crippen molar-refractivity contribution in [2.75, 3.05) is 19.5 Å². The van der Waals surface area contributed by atoms with Crippen molar-refractivity contribution in [2.24, 2.45) is 0 Å². The highest BCUT2D eigenvalue weighted by Gasteiger charge is 2.23. The molecule has 0 fully saturated rings. The lowest BCUT2D eigenvalue weighted by Crippen LogP contribution is -2.30. The van der Waals surface area contributed by atoms with Gasteiger partial charge in [0.2, 0.25) is 0 Å². The number of ether oxygens (including phenoxy) is 3. The Hall–Kier alpha value is -3.62. The van der Waals surface area contributed by atoms with Crippen LogP contribution < -0.4 is 14.8 Å². The lowest BCUT2D eigenvalue weighted by Gasteiger charge is -2.16. The maximum absolute atomic E-state index is 12.4. The number of carbonyl (C=O) groups is 2. The molecule has 1 atom stereocenters. The molecule has 148 valence electrons. The third kappa shape index (κ3) is 4.76. The van der Waals surface area contributed by atoms with Crippen LogP contribution in [0.25, 0.3) is 0 Å². The largest absolute Gasteiger partial charge is 0.496 e. The first kappa shape index (κ1) is 20.7. The van der Waals surface area contributed by atoms with Gasteiger partial charge in [-0.15, -0.1) is 0 Å². The summed E-state index contributed by atoms with van der Waals surface area (Å²) < 4.78 is 15.4. The summed E-state index contributed by atoms with van der Waals surface area (Å²) in [6.45, 7) is 3.22. The number of aryl methyl sites for hydroxylation is 1. The summed E-state index contributed by atoms with van der Waals surface area (Å²) in [5, 5.41) is 13.4. The second-order valence-electron chi connectivity index (χ2n) is 5.88. The van der Waals surface area contributed by atoms with Crippen LogP contribution in [-0.4, -0.2) is 37.1 Å². The van der Waals surface area contributed by atoms with Crippen LogP contribution in [0.2, 0.25) is 0 Å². The van der Waals surface area contributed by atoms with Gasteiger partial charge in [0.05, 0.1) is 30.9 Å². The summed E-state index contributed by atoms with van der Waals surface area (Å²) in [7, 11) is 2.75. The van der Waals surface area contributed by atoms with E-state index in [9.17, 15) is 19.7 Å². The number of benzene rings is 2. The minimum absolute atomic E-state index is 0.112.